The van der Waals surface area contributed by atoms with Crippen molar-refractivity contribution >= 4 is 23.5 Å². The van der Waals surface area contributed by atoms with E-state index in [1.54, 1.807) is 24.3 Å². The van der Waals surface area contributed by atoms with Gasteiger partial charge in [-0.15, -0.1) is 0 Å². The van der Waals surface area contributed by atoms with E-state index < -0.39 is 0 Å². The average molecular weight is 411 g/mol. The van der Waals surface area contributed by atoms with Gasteiger partial charge in [-0.3, -0.25) is 14.4 Å². The number of carbonyl (C=O) groups excluding carboxylic acids is 3. The van der Waals surface area contributed by atoms with Crippen molar-refractivity contribution in [3.63, 3.8) is 0 Å². The van der Waals surface area contributed by atoms with Crippen molar-refractivity contribution in [1.82, 2.24) is 5.32 Å². The fourth-order valence-corrected chi connectivity index (χ4v) is 2.84. The number of hydrogen-bond donors (Lipinski definition) is 2. The maximum atomic E-state index is 12.1. The maximum absolute atomic E-state index is 12.1. The van der Waals surface area contributed by atoms with Gasteiger partial charge in [0.1, 0.15) is 0 Å². The zero-order chi connectivity index (χ0) is 21.6. The summed E-state index contributed by atoms with van der Waals surface area (Å²) < 4.78 is 5.19. The second-order valence-electron chi connectivity index (χ2n) is 7.05. The Balaban J connectivity index is 1.66. The molecule has 2 aromatic carbocycles. The highest BCUT2D eigenvalue weighted by Gasteiger charge is 2.10. The summed E-state index contributed by atoms with van der Waals surface area (Å²) in [6.45, 7) is 3.02. The molecule has 0 heterocycles. The molecule has 30 heavy (non-hydrogen) atoms. The molecule has 0 bridgehead atoms. The molecule has 0 radical (unpaired) electrons. The van der Waals surface area contributed by atoms with Gasteiger partial charge in [-0.2, -0.15) is 0 Å². The fourth-order valence-electron chi connectivity index (χ4n) is 2.84. The van der Waals surface area contributed by atoms with Crippen molar-refractivity contribution < 1.29 is 19.1 Å². The number of nitrogens with one attached hydrogen (secondary N) is 2. The lowest BCUT2D eigenvalue weighted by molar-refractivity contribution is -0.144. The standard InChI is InChI=1S/C24H30N2O4/c1-2-3-16-25-24(29)20-12-7-13-21(18-20)26-22(27)14-15-23(28)30-17-8-11-19-9-5-4-6-10-19/h4-7,9-10,12-13,18H,2-3,8,11,14-17H2,1H3,(H,25,29)(H,26,27). The van der Waals surface area contributed by atoms with Gasteiger partial charge in [-0.1, -0.05) is 49.7 Å². The van der Waals surface area contributed by atoms with E-state index in [1.807, 2.05) is 30.3 Å². The summed E-state index contributed by atoms with van der Waals surface area (Å²) in [6, 6.07) is 16.8. The lowest BCUT2D eigenvalue weighted by Crippen LogP contribution is -2.24. The van der Waals surface area contributed by atoms with E-state index in [2.05, 4.69) is 17.6 Å². The van der Waals surface area contributed by atoms with E-state index in [0.29, 0.717) is 24.4 Å². The van der Waals surface area contributed by atoms with Gasteiger partial charge in [0.25, 0.3) is 5.91 Å². The molecule has 2 amide bonds. The van der Waals surface area contributed by atoms with Gasteiger partial charge in [0.15, 0.2) is 0 Å². The van der Waals surface area contributed by atoms with Crippen molar-refractivity contribution in [2.24, 2.45) is 0 Å². The van der Waals surface area contributed by atoms with Gasteiger partial charge in [-0.25, -0.2) is 0 Å². The van der Waals surface area contributed by atoms with Gasteiger partial charge in [0, 0.05) is 24.2 Å². The number of aryl methyl sites for hydroxylation is 1. The summed E-state index contributed by atoms with van der Waals surface area (Å²) in [4.78, 5) is 36.0. The molecule has 160 valence electrons. The highest BCUT2D eigenvalue weighted by molar-refractivity contribution is 5.97. The molecule has 0 aliphatic rings. The second-order valence-corrected chi connectivity index (χ2v) is 7.05. The van der Waals surface area contributed by atoms with Crippen LogP contribution in [0.15, 0.2) is 54.6 Å². The van der Waals surface area contributed by atoms with Crippen molar-refractivity contribution in [3.05, 3.63) is 65.7 Å². The number of amides is 2. The minimum atomic E-state index is -0.387. The molecule has 0 spiro atoms. The van der Waals surface area contributed by atoms with E-state index >= 15 is 0 Å². The van der Waals surface area contributed by atoms with Gasteiger partial charge < -0.3 is 15.4 Å². The first kappa shape index (κ1) is 23.1. The van der Waals surface area contributed by atoms with Crippen LogP contribution in [0, 0.1) is 0 Å². The molecule has 2 N–H and O–H groups in total. The number of rotatable bonds is 12. The van der Waals surface area contributed by atoms with Crippen LogP contribution in [0.5, 0.6) is 0 Å². The molecule has 2 aromatic rings. The van der Waals surface area contributed by atoms with Crippen LogP contribution in [0.1, 0.15) is 54.9 Å². The summed E-state index contributed by atoms with van der Waals surface area (Å²) in [5, 5.41) is 5.56. The number of benzene rings is 2. The van der Waals surface area contributed by atoms with Crippen LogP contribution >= 0.6 is 0 Å². The SMILES string of the molecule is CCCCNC(=O)c1cccc(NC(=O)CCC(=O)OCCCc2ccccc2)c1. The normalized spacial score (nSPS) is 10.3. The molecule has 0 aliphatic carbocycles. The Bertz CT molecular complexity index is 821. The highest BCUT2D eigenvalue weighted by atomic mass is 16.5. The van der Waals surface area contributed by atoms with Crippen molar-refractivity contribution in [2.75, 3.05) is 18.5 Å². The molecule has 6 heteroatoms. The topological polar surface area (TPSA) is 84.5 Å². The quantitative estimate of drug-likeness (QED) is 0.407. The molecule has 6 nitrogen and oxygen atoms in total. The Morgan fingerprint density at radius 2 is 1.73 bits per heavy atom. The summed E-state index contributed by atoms with van der Waals surface area (Å²) in [6.07, 6.45) is 3.57. The molecule has 0 fully saturated rings. The number of anilines is 1. The molecule has 0 atom stereocenters. The number of hydrogen-bond acceptors (Lipinski definition) is 4. The first-order valence-corrected chi connectivity index (χ1v) is 10.5. The maximum Gasteiger partial charge on any atom is 0.306 e. The zero-order valence-electron chi connectivity index (χ0n) is 17.5. The molecular weight excluding hydrogens is 380 g/mol. The lowest BCUT2D eigenvalue weighted by Gasteiger charge is -2.08. The van der Waals surface area contributed by atoms with Crippen LogP contribution in [0.2, 0.25) is 0 Å². The smallest absolute Gasteiger partial charge is 0.306 e. The molecule has 0 aliphatic heterocycles. The predicted molar refractivity (Wildman–Crippen MR) is 117 cm³/mol. The van der Waals surface area contributed by atoms with E-state index in [0.717, 1.165) is 25.7 Å². The van der Waals surface area contributed by atoms with Crippen LogP contribution < -0.4 is 10.6 Å². The van der Waals surface area contributed by atoms with E-state index in [4.69, 9.17) is 4.74 Å². The van der Waals surface area contributed by atoms with Gasteiger partial charge >= 0.3 is 5.97 Å². The Morgan fingerprint density at radius 3 is 2.50 bits per heavy atom. The number of unbranched alkanes of at least 4 members (excludes halogenated alkanes) is 1. The monoisotopic (exact) mass is 410 g/mol. The largest absolute Gasteiger partial charge is 0.466 e. The minimum absolute atomic E-state index is 0.0222. The molecule has 0 saturated carbocycles. The summed E-state index contributed by atoms with van der Waals surface area (Å²) in [5.41, 5.74) is 2.22. The first-order chi connectivity index (χ1) is 14.6. The van der Waals surface area contributed by atoms with Crippen molar-refractivity contribution in [2.45, 2.75) is 45.4 Å². The van der Waals surface area contributed by atoms with Crippen LogP contribution in [-0.2, 0) is 20.7 Å². The number of esters is 1. The van der Waals surface area contributed by atoms with Gasteiger partial charge in [-0.05, 0) is 43.0 Å². The van der Waals surface area contributed by atoms with Crippen LogP contribution in [0.3, 0.4) is 0 Å². The third kappa shape index (κ3) is 8.90. The average Bonchev–Trinajstić information content (AvgIpc) is 2.76. The van der Waals surface area contributed by atoms with E-state index in [-0.39, 0.29) is 30.6 Å². The summed E-state index contributed by atoms with van der Waals surface area (Å²) in [5.74, 6) is -0.847. The molecule has 0 aromatic heterocycles. The first-order valence-electron chi connectivity index (χ1n) is 10.5. The molecule has 0 unspecified atom stereocenters. The lowest BCUT2D eigenvalue weighted by atomic mass is 10.1. The van der Waals surface area contributed by atoms with E-state index in [9.17, 15) is 14.4 Å². The summed E-state index contributed by atoms with van der Waals surface area (Å²) in [7, 11) is 0. The fraction of sp³-hybridized carbons (Fsp3) is 0.375. The molecule has 2 rings (SSSR count). The number of ether oxygens (including phenoxy) is 1. The van der Waals surface area contributed by atoms with Crippen molar-refractivity contribution in [1.29, 1.82) is 0 Å². The Hall–Kier alpha value is -3.15. The highest BCUT2D eigenvalue weighted by Crippen LogP contribution is 2.12. The Morgan fingerprint density at radius 1 is 0.933 bits per heavy atom. The minimum Gasteiger partial charge on any atom is -0.466 e. The van der Waals surface area contributed by atoms with Gasteiger partial charge in [0.05, 0.1) is 13.0 Å². The van der Waals surface area contributed by atoms with Gasteiger partial charge in [0.2, 0.25) is 5.91 Å². The third-order valence-electron chi connectivity index (χ3n) is 4.50. The molecular formula is C24H30N2O4. The number of carbonyl (C=O) groups is 3. The van der Waals surface area contributed by atoms with Crippen LogP contribution in [0.4, 0.5) is 5.69 Å². The van der Waals surface area contributed by atoms with Crippen molar-refractivity contribution in [3.8, 4) is 0 Å². The van der Waals surface area contributed by atoms with Crippen LogP contribution in [0.25, 0.3) is 0 Å². The third-order valence-corrected chi connectivity index (χ3v) is 4.50. The predicted octanol–water partition coefficient (Wildman–Crippen LogP) is 4.11. The second kappa shape index (κ2) is 13.1. The zero-order valence-corrected chi connectivity index (χ0v) is 17.5. The molecule has 0 saturated heterocycles. The Kier molecular flexibility index (Phi) is 10.1. The summed E-state index contributed by atoms with van der Waals surface area (Å²) >= 11 is 0. The van der Waals surface area contributed by atoms with E-state index in [1.165, 1.54) is 5.56 Å². The Labute approximate surface area is 178 Å². The van der Waals surface area contributed by atoms with Crippen LogP contribution in [-0.4, -0.2) is 30.9 Å².